The van der Waals surface area contributed by atoms with Crippen molar-refractivity contribution in [3.05, 3.63) is 59.7 Å². The van der Waals surface area contributed by atoms with Crippen molar-refractivity contribution in [1.82, 2.24) is 5.43 Å². The third-order valence-electron chi connectivity index (χ3n) is 3.82. The first-order valence-corrected chi connectivity index (χ1v) is 7.99. The fourth-order valence-electron chi connectivity index (χ4n) is 2.44. The van der Waals surface area contributed by atoms with Crippen molar-refractivity contribution < 1.29 is 14.3 Å². The molecule has 3 rings (SSSR count). The van der Waals surface area contributed by atoms with Crippen LogP contribution in [0.25, 0.3) is 0 Å². The minimum absolute atomic E-state index is 0.171. The Morgan fingerprint density at radius 1 is 1.17 bits per heavy atom. The summed E-state index contributed by atoms with van der Waals surface area (Å²) >= 11 is 0. The van der Waals surface area contributed by atoms with Crippen LogP contribution in [0, 0.1) is 6.92 Å². The van der Waals surface area contributed by atoms with Crippen LogP contribution in [0.15, 0.2) is 53.6 Å². The van der Waals surface area contributed by atoms with E-state index in [1.165, 1.54) is 5.56 Å². The lowest BCUT2D eigenvalue weighted by atomic mass is 10.1. The SMILES string of the molecule is CC/C(=N/NC(=O)[C@H]1COc2ccccc2O1)c1ccc(C)cc1. The molecule has 1 aliphatic rings. The average molecular weight is 324 g/mol. The first-order valence-electron chi connectivity index (χ1n) is 7.99. The molecule has 24 heavy (non-hydrogen) atoms. The molecule has 0 saturated carbocycles. The number of rotatable bonds is 4. The summed E-state index contributed by atoms with van der Waals surface area (Å²) in [7, 11) is 0. The summed E-state index contributed by atoms with van der Waals surface area (Å²) in [6.45, 7) is 4.21. The number of amides is 1. The van der Waals surface area contributed by atoms with Gasteiger partial charge in [-0.25, -0.2) is 5.43 Å². The zero-order valence-electron chi connectivity index (χ0n) is 13.8. The van der Waals surface area contributed by atoms with E-state index in [0.717, 1.165) is 11.3 Å². The number of carbonyl (C=O) groups is 1. The van der Waals surface area contributed by atoms with Crippen LogP contribution in [0.5, 0.6) is 11.5 Å². The van der Waals surface area contributed by atoms with Crippen molar-refractivity contribution in [3.8, 4) is 11.5 Å². The van der Waals surface area contributed by atoms with Gasteiger partial charge in [0.2, 0.25) is 6.10 Å². The summed E-state index contributed by atoms with van der Waals surface area (Å²) < 4.78 is 11.2. The monoisotopic (exact) mass is 324 g/mol. The third kappa shape index (κ3) is 3.56. The predicted molar refractivity (Wildman–Crippen MR) is 92.5 cm³/mol. The van der Waals surface area contributed by atoms with Gasteiger partial charge < -0.3 is 9.47 Å². The van der Waals surface area contributed by atoms with E-state index >= 15 is 0 Å². The molecule has 2 aromatic rings. The molecule has 0 unspecified atom stereocenters. The number of hydrogen-bond donors (Lipinski definition) is 1. The van der Waals surface area contributed by atoms with Crippen LogP contribution in [-0.4, -0.2) is 24.3 Å². The van der Waals surface area contributed by atoms with Crippen molar-refractivity contribution in [2.45, 2.75) is 26.4 Å². The number of aryl methyl sites for hydroxylation is 1. The van der Waals surface area contributed by atoms with E-state index < -0.39 is 6.10 Å². The van der Waals surface area contributed by atoms with Gasteiger partial charge in [0.25, 0.3) is 5.91 Å². The number of carbonyl (C=O) groups excluding carboxylic acids is 1. The molecule has 0 fully saturated rings. The minimum atomic E-state index is -0.709. The van der Waals surface area contributed by atoms with Gasteiger partial charge in [0, 0.05) is 0 Å². The average Bonchev–Trinajstić information content (AvgIpc) is 2.63. The zero-order chi connectivity index (χ0) is 16.9. The number of nitrogens with zero attached hydrogens (tertiary/aromatic N) is 1. The third-order valence-corrected chi connectivity index (χ3v) is 3.82. The molecule has 5 heteroatoms. The topological polar surface area (TPSA) is 59.9 Å². The highest BCUT2D eigenvalue weighted by Crippen LogP contribution is 2.30. The van der Waals surface area contributed by atoms with Crippen molar-refractivity contribution in [2.24, 2.45) is 5.10 Å². The first kappa shape index (κ1) is 16.1. The molecular formula is C19H20N2O3. The molecule has 1 aliphatic heterocycles. The second kappa shape index (κ2) is 7.17. The van der Waals surface area contributed by atoms with E-state index in [0.29, 0.717) is 17.9 Å². The zero-order valence-corrected chi connectivity index (χ0v) is 13.8. The summed E-state index contributed by atoms with van der Waals surface area (Å²) in [6.07, 6.45) is 0.00792. The lowest BCUT2D eigenvalue weighted by Crippen LogP contribution is -2.42. The molecular weight excluding hydrogens is 304 g/mol. The molecule has 0 radical (unpaired) electrons. The Labute approximate surface area is 141 Å². The van der Waals surface area contributed by atoms with Gasteiger partial charge in [-0.1, -0.05) is 48.9 Å². The summed E-state index contributed by atoms with van der Waals surface area (Å²) in [4.78, 5) is 12.3. The summed E-state index contributed by atoms with van der Waals surface area (Å²) in [5, 5.41) is 4.25. The highest BCUT2D eigenvalue weighted by molar-refractivity contribution is 6.01. The number of hydrazone groups is 1. The van der Waals surface area contributed by atoms with Crippen LogP contribution >= 0.6 is 0 Å². The lowest BCUT2D eigenvalue weighted by molar-refractivity contribution is -0.130. The number of para-hydroxylation sites is 2. The van der Waals surface area contributed by atoms with Gasteiger partial charge in [0.05, 0.1) is 5.71 Å². The van der Waals surface area contributed by atoms with Gasteiger partial charge in [-0.3, -0.25) is 4.79 Å². The standard InChI is InChI=1S/C19H20N2O3/c1-3-15(14-10-8-13(2)9-11-14)20-21-19(22)18-12-23-16-6-4-5-7-17(16)24-18/h4-11,18H,3,12H2,1-2H3,(H,21,22)/b20-15-/t18-/m1/s1. The Bertz CT molecular complexity index is 753. The molecule has 2 aromatic carbocycles. The minimum Gasteiger partial charge on any atom is -0.485 e. The Balaban J connectivity index is 1.67. The Morgan fingerprint density at radius 2 is 1.88 bits per heavy atom. The van der Waals surface area contributed by atoms with Gasteiger partial charge in [0.1, 0.15) is 6.61 Å². The Kier molecular flexibility index (Phi) is 4.79. The molecule has 0 aromatic heterocycles. The molecule has 1 heterocycles. The predicted octanol–water partition coefficient (Wildman–Crippen LogP) is 3.07. The van der Waals surface area contributed by atoms with E-state index in [9.17, 15) is 4.79 Å². The smallest absolute Gasteiger partial charge is 0.284 e. The number of hydrogen-bond acceptors (Lipinski definition) is 4. The maximum atomic E-state index is 12.3. The van der Waals surface area contributed by atoms with Gasteiger partial charge >= 0.3 is 0 Å². The van der Waals surface area contributed by atoms with Gasteiger partial charge in [0.15, 0.2) is 11.5 Å². The van der Waals surface area contributed by atoms with Crippen LogP contribution in [0.3, 0.4) is 0 Å². The van der Waals surface area contributed by atoms with Crippen molar-refractivity contribution in [2.75, 3.05) is 6.61 Å². The summed E-state index contributed by atoms with van der Waals surface area (Å²) in [5.74, 6) is 0.906. The molecule has 0 spiro atoms. The van der Waals surface area contributed by atoms with Gasteiger partial charge in [-0.05, 0) is 31.0 Å². The normalized spacial score (nSPS) is 16.6. The maximum absolute atomic E-state index is 12.3. The second-order valence-electron chi connectivity index (χ2n) is 5.62. The van der Waals surface area contributed by atoms with E-state index in [2.05, 4.69) is 10.5 Å². The van der Waals surface area contributed by atoms with Crippen molar-refractivity contribution in [1.29, 1.82) is 0 Å². The maximum Gasteiger partial charge on any atom is 0.284 e. The highest BCUT2D eigenvalue weighted by Gasteiger charge is 2.27. The van der Waals surface area contributed by atoms with Crippen molar-refractivity contribution >= 4 is 11.6 Å². The van der Waals surface area contributed by atoms with Crippen LogP contribution in [-0.2, 0) is 4.79 Å². The van der Waals surface area contributed by atoms with Gasteiger partial charge in [-0.2, -0.15) is 5.10 Å². The van der Waals surface area contributed by atoms with E-state index in [4.69, 9.17) is 9.47 Å². The van der Waals surface area contributed by atoms with Crippen LogP contribution in [0.4, 0.5) is 0 Å². The van der Waals surface area contributed by atoms with Gasteiger partial charge in [-0.15, -0.1) is 0 Å². The van der Waals surface area contributed by atoms with E-state index in [1.807, 2.05) is 56.3 Å². The second-order valence-corrected chi connectivity index (χ2v) is 5.62. The number of fused-ring (bicyclic) bond motifs is 1. The Morgan fingerprint density at radius 3 is 2.58 bits per heavy atom. The molecule has 0 bridgehead atoms. The summed E-state index contributed by atoms with van der Waals surface area (Å²) in [6, 6.07) is 15.3. The van der Waals surface area contributed by atoms with Crippen LogP contribution in [0.1, 0.15) is 24.5 Å². The van der Waals surface area contributed by atoms with E-state index in [1.54, 1.807) is 6.07 Å². The summed E-state index contributed by atoms with van der Waals surface area (Å²) in [5.41, 5.74) is 5.59. The lowest BCUT2D eigenvalue weighted by Gasteiger charge is -2.24. The molecule has 1 amide bonds. The molecule has 1 atom stereocenters. The molecule has 0 aliphatic carbocycles. The molecule has 0 saturated heterocycles. The largest absolute Gasteiger partial charge is 0.485 e. The molecule has 124 valence electrons. The highest BCUT2D eigenvalue weighted by atomic mass is 16.6. The molecule has 5 nitrogen and oxygen atoms in total. The fraction of sp³-hybridized carbons (Fsp3) is 0.263. The Hall–Kier alpha value is -2.82. The fourth-order valence-corrected chi connectivity index (χ4v) is 2.44. The first-order chi connectivity index (χ1) is 11.7. The quantitative estimate of drug-likeness (QED) is 0.694. The number of nitrogens with one attached hydrogen (secondary N) is 1. The van der Waals surface area contributed by atoms with Crippen LogP contribution < -0.4 is 14.9 Å². The molecule has 1 N–H and O–H groups in total. The van der Waals surface area contributed by atoms with Crippen molar-refractivity contribution in [3.63, 3.8) is 0 Å². The number of ether oxygens (including phenoxy) is 2. The number of benzene rings is 2. The van der Waals surface area contributed by atoms with E-state index in [-0.39, 0.29) is 12.5 Å². The van der Waals surface area contributed by atoms with Crippen LogP contribution in [0.2, 0.25) is 0 Å².